The van der Waals surface area contributed by atoms with Gasteiger partial charge in [-0.3, -0.25) is 0 Å². The number of benzene rings is 1. The van der Waals surface area contributed by atoms with Crippen LogP contribution >= 0.6 is 0 Å². The molecule has 0 bridgehead atoms. The Bertz CT molecular complexity index is 299. The van der Waals surface area contributed by atoms with E-state index >= 15 is 0 Å². The van der Waals surface area contributed by atoms with Crippen LogP contribution in [0.5, 0.6) is 0 Å². The summed E-state index contributed by atoms with van der Waals surface area (Å²) in [7, 11) is 0. The third-order valence-electron chi connectivity index (χ3n) is 2.07. The first-order chi connectivity index (χ1) is 5.77. The smallest absolute Gasteiger partial charge is 0.141 e. The topological polar surface area (TPSA) is 44.3 Å². The molecule has 0 amide bonds. The van der Waals surface area contributed by atoms with Gasteiger partial charge < -0.3 is 15.7 Å². The van der Waals surface area contributed by atoms with Gasteiger partial charge in [0.2, 0.25) is 0 Å². The monoisotopic (exact) mass is 164 g/mol. The highest BCUT2D eigenvalue weighted by Gasteiger charge is 2.14. The largest absolute Gasteiger partial charge is 0.379 e. The van der Waals surface area contributed by atoms with E-state index in [0.29, 0.717) is 6.54 Å². The van der Waals surface area contributed by atoms with E-state index in [0.717, 1.165) is 16.9 Å². The highest BCUT2D eigenvalue weighted by atomic mass is 16.3. The van der Waals surface area contributed by atoms with Crippen LogP contribution in [-0.4, -0.2) is 17.9 Å². The summed E-state index contributed by atoms with van der Waals surface area (Å²) in [6.45, 7) is 2.59. The van der Waals surface area contributed by atoms with Gasteiger partial charge >= 0.3 is 0 Å². The third kappa shape index (κ3) is 1.12. The average Bonchev–Trinajstić information content (AvgIpc) is 2.07. The molecule has 1 atom stereocenters. The van der Waals surface area contributed by atoms with E-state index in [2.05, 4.69) is 10.6 Å². The Kier molecular flexibility index (Phi) is 1.66. The van der Waals surface area contributed by atoms with Gasteiger partial charge in [-0.25, -0.2) is 0 Å². The molecule has 3 nitrogen and oxygen atoms in total. The summed E-state index contributed by atoms with van der Waals surface area (Å²) in [5.74, 6) is 0. The van der Waals surface area contributed by atoms with E-state index in [-0.39, 0.29) is 0 Å². The van der Waals surface area contributed by atoms with E-state index < -0.39 is 6.23 Å². The Balaban J connectivity index is 2.43. The molecule has 1 aromatic carbocycles. The van der Waals surface area contributed by atoms with Crippen LogP contribution in [0.4, 0.5) is 11.4 Å². The zero-order valence-electron chi connectivity index (χ0n) is 6.96. The maximum Gasteiger partial charge on any atom is 0.141 e. The Labute approximate surface area is 71.4 Å². The first kappa shape index (κ1) is 7.43. The molecule has 3 heteroatoms. The Hall–Kier alpha value is -1.22. The number of aliphatic hydroxyl groups excluding tert-OH is 1. The molecular weight excluding hydrogens is 152 g/mol. The van der Waals surface area contributed by atoms with Crippen LogP contribution in [0, 0.1) is 6.92 Å². The molecule has 2 rings (SSSR count). The second kappa shape index (κ2) is 2.68. The minimum absolute atomic E-state index is 0.474. The van der Waals surface area contributed by atoms with Crippen molar-refractivity contribution in [2.45, 2.75) is 13.2 Å². The molecule has 0 spiro atoms. The Morgan fingerprint density at radius 2 is 2.33 bits per heavy atom. The van der Waals surface area contributed by atoms with Crippen LogP contribution in [0.2, 0.25) is 0 Å². The molecule has 0 saturated heterocycles. The molecule has 12 heavy (non-hydrogen) atoms. The molecule has 0 aromatic heterocycles. The van der Waals surface area contributed by atoms with Gasteiger partial charge in [0.25, 0.3) is 0 Å². The number of hydrogen-bond donors (Lipinski definition) is 3. The summed E-state index contributed by atoms with van der Waals surface area (Å²) in [5, 5.41) is 15.5. The molecule has 1 unspecified atom stereocenters. The van der Waals surface area contributed by atoms with Crippen LogP contribution < -0.4 is 10.6 Å². The molecule has 0 fully saturated rings. The predicted octanol–water partition coefficient (Wildman–Crippen LogP) is 1.15. The van der Waals surface area contributed by atoms with Crippen LogP contribution in [0.25, 0.3) is 0 Å². The summed E-state index contributed by atoms with van der Waals surface area (Å²) in [6, 6.07) is 6.02. The van der Waals surface area contributed by atoms with Crippen molar-refractivity contribution in [2.75, 3.05) is 17.2 Å². The zero-order chi connectivity index (χ0) is 8.55. The highest BCUT2D eigenvalue weighted by Crippen LogP contribution is 2.28. The predicted molar refractivity (Wildman–Crippen MR) is 49.3 cm³/mol. The molecule has 3 N–H and O–H groups in total. The van der Waals surface area contributed by atoms with Crippen LogP contribution in [-0.2, 0) is 0 Å². The van der Waals surface area contributed by atoms with E-state index in [1.54, 1.807) is 0 Å². The van der Waals surface area contributed by atoms with Gasteiger partial charge in [0, 0.05) is 0 Å². The van der Waals surface area contributed by atoms with Crippen molar-refractivity contribution < 1.29 is 5.11 Å². The molecule has 0 radical (unpaired) electrons. The summed E-state index contributed by atoms with van der Waals surface area (Å²) in [4.78, 5) is 0. The molecule has 1 aliphatic rings. The first-order valence-electron chi connectivity index (χ1n) is 4.05. The van der Waals surface area contributed by atoms with Crippen molar-refractivity contribution in [1.82, 2.24) is 0 Å². The van der Waals surface area contributed by atoms with E-state index in [1.165, 1.54) is 0 Å². The lowest BCUT2D eigenvalue weighted by molar-refractivity contribution is 0.214. The number of para-hydroxylation sites is 1. The molecule has 1 aliphatic heterocycles. The van der Waals surface area contributed by atoms with E-state index in [4.69, 9.17) is 0 Å². The lowest BCUT2D eigenvalue weighted by Crippen LogP contribution is -2.32. The summed E-state index contributed by atoms with van der Waals surface area (Å²) >= 11 is 0. The van der Waals surface area contributed by atoms with Gasteiger partial charge in [0.05, 0.1) is 17.9 Å². The normalized spacial score (nSPS) is 20.7. The number of rotatable bonds is 0. The SMILES string of the molecule is Cc1cccc2c1NC(O)CN2. The Morgan fingerprint density at radius 3 is 3.17 bits per heavy atom. The fraction of sp³-hybridized carbons (Fsp3) is 0.333. The maximum absolute atomic E-state index is 9.31. The fourth-order valence-corrected chi connectivity index (χ4v) is 1.43. The van der Waals surface area contributed by atoms with E-state index in [9.17, 15) is 5.11 Å². The van der Waals surface area contributed by atoms with Crippen molar-refractivity contribution >= 4 is 11.4 Å². The minimum atomic E-state index is -0.474. The first-order valence-corrected chi connectivity index (χ1v) is 4.05. The van der Waals surface area contributed by atoms with Crippen molar-refractivity contribution in [3.63, 3.8) is 0 Å². The van der Waals surface area contributed by atoms with E-state index in [1.807, 2.05) is 25.1 Å². The lowest BCUT2D eigenvalue weighted by Gasteiger charge is -2.25. The molecule has 1 heterocycles. The second-order valence-corrected chi connectivity index (χ2v) is 3.04. The lowest BCUT2D eigenvalue weighted by atomic mass is 10.1. The van der Waals surface area contributed by atoms with Gasteiger partial charge in [-0.1, -0.05) is 12.1 Å². The molecule has 0 aliphatic carbocycles. The maximum atomic E-state index is 9.31. The molecule has 0 saturated carbocycles. The minimum Gasteiger partial charge on any atom is -0.379 e. The summed E-state index contributed by atoms with van der Waals surface area (Å²) < 4.78 is 0. The van der Waals surface area contributed by atoms with Gasteiger partial charge in [-0.15, -0.1) is 0 Å². The number of aliphatic hydroxyl groups is 1. The number of fused-ring (bicyclic) bond motifs is 1. The van der Waals surface area contributed by atoms with Crippen LogP contribution in [0.3, 0.4) is 0 Å². The van der Waals surface area contributed by atoms with Crippen molar-refractivity contribution in [3.8, 4) is 0 Å². The van der Waals surface area contributed by atoms with Gasteiger partial charge in [0.15, 0.2) is 0 Å². The average molecular weight is 164 g/mol. The van der Waals surface area contributed by atoms with Crippen molar-refractivity contribution in [1.29, 1.82) is 0 Å². The van der Waals surface area contributed by atoms with Crippen LogP contribution in [0.15, 0.2) is 18.2 Å². The standard InChI is InChI=1S/C9H12N2O/c1-6-3-2-4-7-9(6)11-8(12)5-10-7/h2-4,8,10-12H,5H2,1H3. The zero-order valence-corrected chi connectivity index (χ0v) is 6.96. The number of anilines is 2. The summed E-state index contributed by atoms with van der Waals surface area (Å²) in [5.41, 5.74) is 3.23. The van der Waals surface area contributed by atoms with Gasteiger partial charge in [0.1, 0.15) is 6.23 Å². The Morgan fingerprint density at radius 1 is 1.50 bits per heavy atom. The molecular formula is C9H12N2O. The number of nitrogens with one attached hydrogen (secondary N) is 2. The number of hydrogen-bond acceptors (Lipinski definition) is 3. The van der Waals surface area contributed by atoms with Crippen LogP contribution in [0.1, 0.15) is 5.56 Å². The van der Waals surface area contributed by atoms with Gasteiger partial charge in [-0.05, 0) is 18.6 Å². The van der Waals surface area contributed by atoms with Gasteiger partial charge in [-0.2, -0.15) is 0 Å². The second-order valence-electron chi connectivity index (χ2n) is 3.04. The molecule has 1 aromatic rings. The van der Waals surface area contributed by atoms with Crippen molar-refractivity contribution in [2.24, 2.45) is 0 Å². The van der Waals surface area contributed by atoms with Crippen molar-refractivity contribution in [3.05, 3.63) is 23.8 Å². The number of β-amino-alcohol motifs (C(OH)–C–C–N with tert-alkyl or cyclic N) is 1. The third-order valence-corrected chi connectivity index (χ3v) is 2.07. The molecule has 64 valence electrons. The fourth-order valence-electron chi connectivity index (χ4n) is 1.43. The quantitative estimate of drug-likeness (QED) is 0.539. The summed E-state index contributed by atoms with van der Waals surface area (Å²) in [6.07, 6.45) is -0.474. The number of aryl methyl sites for hydroxylation is 1. The highest BCUT2D eigenvalue weighted by molar-refractivity contribution is 5.74.